The van der Waals surface area contributed by atoms with Gasteiger partial charge in [-0.1, -0.05) is 42.5 Å². The molecule has 1 amide bonds. The number of likely N-dealkylation sites (tertiary alicyclic amines) is 1. The molecule has 2 aromatic carbocycles. The number of aromatic nitrogens is 2. The Kier molecular flexibility index (Phi) is 5.30. The maximum atomic E-state index is 12.5. The number of carbonyl (C=O) groups is 1. The van der Waals surface area contributed by atoms with Crippen molar-refractivity contribution in [3.63, 3.8) is 0 Å². The van der Waals surface area contributed by atoms with Crippen LogP contribution in [0.25, 0.3) is 5.69 Å². The third kappa shape index (κ3) is 4.26. The van der Waals surface area contributed by atoms with Gasteiger partial charge in [0, 0.05) is 31.1 Å². The molecule has 1 aromatic heterocycles. The summed E-state index contributed by atoms with van der Waals surface area (Å²) in [6, 6.07) is 18.2. The molecule has 27 heavy (non-hydrogen) atoms. The fraction of sp³-hybridized carbons (Fsp3) is 0.273. The predicted octanol–water partition coefficient (Wildman–Crippen LogP) is 1.98. The first-order chi connectivity index (χ1) is 13.3. The van der Waals surface area contributed by atoms with E-state index in [1.165, 1.54) is 37.1 Å². The quantitative estimate of drug-likeness (QED) is 0.705. The second-order valence-corrected chi connectivity index (χ2v) is 7.09. The Bertz CT molecular complexity index is 897. The molecule has 5 heteroatoms. The Balaban J connectivity index is 1.40. The molecule has 1 saturated heterocycles. The number of nitrogens with one attached hydrogen (secondary N) is 2. The Morgan fingerprint density at radius 3 is 2.48 bits per heavy atom. The van der Waals surface area contributed by atoms with Crippen molar-refractivity contribution in [1.29, 1.82) is 0 Å². The monoisotopic (exact) mass is 361 g/mol. The van der Waals surface area contributed by atoms with Crippen LogP contribution in [0, 0.1) is 0 Å². The number of carbonyl (C=O) groups excluding carboxylic acids is 1. The van der Waals surface area contributed by atoms with Gasteiger partial charge in [0.1, 0.15) is 6.54 Å². The van der Waals surface area contributed by atoms with E-state index >= 15 is 0 Å². The molecular weight excluding hydrogens is 336 g/mol. The highest BCUT2D eigenvalue weighted by atomic mass is 16.1. The molecule has 0 atom stereocenters. The number of benzene rings is 2. The van der Waals surface area contributed by atoms with Crippen LogP contribution in [0.3, 0.4) is 0 Å². The van der Waals surface area contributed by atoms with Crippen molar-refractivity contribution in [3.8, 4) is 5.69 Å². The number of hydrogen-bond donors (Lipinski definition) is 2. The van der Waals surface area contributed by atoms with E-state index < -0.39 is 0 Å². The SMILES string of the molecule is O=C(NCc1ccccc1C[NH+]1CCCC1)c1cnn(-c2ccccc2)c1. The lowest BCUT2D eigenvalue weighted by atomic mass is 10.1. The lowest BCUT2D eigenvalue weighted by Crippen LogP contribution is -3.08. The third-order valence-corrected chi connectivity index (χ3v) is 5.17. The zero-order valence-electron chi connectivity index (χ0n) is 15.4. The van der Waals surface area contributed by atoms with E-state index in [2.05, 4.69) is 28.6 Å². The molecule has 0 saturated carbocycles. The summed E-state index contributed by atoms with van der Waals surface area (Å²) >= 11 is 0. The van der Waals surface area contributed by atoms with Crippen LogP contribution in [-0.2, 0) is 13.1 Å². The average Bonchev–Trinajstić information content (AvgIpc) is 3.40. The van der Waals surface area contributed by atoms with E-state index in [-0.39, 0.29) is 5.91 Å². The Labute approximate surface area is 159 Å². The van der Waals surface area contributed by atoms with Gasteiger partial charge in [-0.3, -0.25) is 4.79 Å². The minimum absolute atomic E-state index is 0.0968. The minimum Gasteiger partial charge on any atom is -0.348 e. The summed E-state index contributed by atoms with van der Waals surface area (Å²) in [5.41, 5.74) is 4.03. The van der Waals surface area contributed by atoms with Gasteiger partial charge in [-0.15, -0.1) is 0 Å². The summed E-state index contributed by atoms with van der Waals surface area (Å²) in [6.07, 6.45) is 6.02. The number of nitrogens with zero attached hydrogens (tertiary/aromatic N) is 2. The van der Waals surface area contributed by atoms with Crippen LogP contribution < -0.4 is 10.2 Å². The Hall–Kier alpha value is -2.92. The minimum atomic E-state index is -0.0968. The van der Waals surface area contributed by atoms with Crippen LogP contribution in [0.15, 0.2) is 67.0 Å². The van der Waals surface area contributed by atoms with Gasteiger partial charge < -0.3 is 10.2 Å². The molecule has 0 unspecified atom stereocenters. The zero-order chi connectivity index (χ0) is 18.5. The zero-order valence-corrected chi connectivity index (χ0v) is 15.4. The van der Waals surface area contributed by atoms with Crippen molar-refractivity contribution in [2.75, 3.05) is 13.1 Å². The standard InChI is InChI=1S/C22H24N4O/c27-22(20-15-24-26(17-20)21-10-2-1-3-11-21)23-14-18-8-4-5-9-19(18)16-25-12-6-7-13-25/h1-5,8-11,15,17H,6-7,12-14,16H2,(H,23,27)/p+1. The second kappa shape index (κ2) is 8.18. The first-order valence-corrected chi connectivity index (χ1v) is 9.58. The largest absolute Gasteiger partial charge is 0.348 e. The van der Waals surface area contributed by atoms with E-state index in [1.54, 1.807) is 22.0 Å². The normalized spacial score (nSPS) is 14.4. The highest BCUT2D eigenvalue weighted by Gasteiger charge is 2.17. The second-order valence-electron chi connectivity index (χ2n) is 7.09. The van der Waals surface area contributed by atoms with Crippen molar-refractivity contribution in [2.45, 2.75) is 25.9 Å². The molecular formula is C22H25N4O+. The lowest BCUT2D eigenvalue weighted by molar-refractivity contribution is -0.901. The molecule has 1 aliphatic rings. The van der Waals surface area contributed by atoms with Gasteiger partial charge in [-0.25, -0.2) is 4.68 Å². The number of amides is 1. The van der Waals surface area contributed by atoms with Crippen molar-refractivity contribution >= 4 is 5.91 Å². The first-order valence-electron chi connectivity index (χ1n) is 9.58. The molecule has 4 rings (SSSR count). The van der Waals surface area contributed by atoms with Gasteiger partial charge in [-0.2, -0.15) is 5.10 Å². The summed E-state index contributed by atoms with van der Waals surface area (Å²) in [7, 11) is 0. The van der Waals surface area contributed by atoms with E-state index in [1.807, 2.05) is 36.4 Å². The summed E-state index contributed by atoms with van der Waals surface area (Å²) in [5, 5.41) is 7.34. The van der Waals surface area contributed by atoms with Gasteiger partial charge >= 0.3 is 0 Å². The van der Waals surface area contributed by atoms with Gasteiger partial charge in [0.05, 0.1) is 30.5 Å². The fourth-order valence-electron chi connectivity index (χ4n) is 3.66. The van der Waals surface area contributed by atoms with E-state index in [0.29, 0.717) is 12.1 Å². The molecule has 3 aromatic rings. The summed E-state index contributed by atoms with van der Waals surface area (Å²) < 4.78 is 1.72. The smallest absolute Gasteiger partial charge is 0.254 e. The number of para-hydroxylation sites is 1. The molecule has 0 aliphatic carbocycles. The van der Waals surface area contributed by atoms with Gasteiger partial charge in [0.2, 0.25) is 0 Å². The van der Waals surface area contributed by atoms with Crippen molar-refractivity contribution in [1.82, 2.24) is 15.1 Å². The Morgan fingerprint density at radius 1 is 1.00 bits per heavy atom. The van der Waals surface area contributed by atoms with Crippen LogP contribution in [0.4, 0.5) is 0 Å². The maximum absolute atomic E-state index is 12.5. The number of rotatable bonds is 6. The number of quaternary nitrogens is 1. The Morgan fingerprint density at radius 2 is 1.70 bits per heavy atom. The third-order valence-electron chi connectivity index (χ3n) is 5.17. The molecule has 138 valence electrons. The highest BCUT2D eigenvalue weighted by Crippen LogP contribution is 2.10. The molecule has 2 N–H and O–H groups in total. The highest BCUT2D eigenvalue weighted by molar-refractivity contribution is 5.93. The summed E-state index contributed by atoms with van der Waals surface area (Å²) in [4.78, 5) is 14.2. The number of hydrogen-bond acceptors (Lipinski definition) is 2. The topological polar surface area (TPSA) is 51.4 Å². The molecule has 2 heterocycles. The summed E-state index contributed by atoms with van der Waals surface area (Å²) in [6.45, 7) is 4.08. The molecule has 0 radical (unpaired) electrons. The molecule has 1 aliphatic heterocycles. The van der Waals surface area contributed by atoms with Crippen molar-refractivity contribution in [2.24, 2.45) is 0 Å². The van der Waals surface area contributed by atoms with Crippen LogP contribution in [0.2, 0.25) is 0 Å². The van der Waals surface area contributed by atoms with Crippen LogP contribution >= 0.6 is 0 Å². The van der Waals surface area contributed by atoms with E-state index in [9.17, 15) is 4.79 Å². The van der Waals surface area contributed by atoms with Crippen LogP contribution in [-0.4, -0.2) is 28.8 Å². The maximum Gasteiger partial charge on any atom is 0.254 e. The molecule has 0 bridgehead atoms. The van der Waals surface area contributed by atoms with Crippen molar-refractivity contribution < 1.29 is 9.69 Å². The molecule has 1 fully saturated rings. The first kappa shape index (κ1) is 17.5. The molecule has 5 nitrogen and oxygen atoms in total. The molecule has 0 spiro atoms. The summed E-state index contributed by atoms with van der Waals surface area (Å²) in [5.74, 6) is -0.0968. The lowest BCUT2D eigenvalue weighted by Gasteiger charge is -2.15. The van der Waals surface area contributed by atoms with E-state index in [0.717, 1.165) is 12.2 Å². The van der Waals surface area contributed by atoms with E-state index in [4.69, 9.17) is 0 Å². The van der Waals surface area contributed by atoms with Gasteiger partial charge in [0.15, 0.2) is 0 Å². The van der Waals surface area contributed by atoms with Gasteiger partial charge in [0.25, 0.3) is 5.91 Å². The van der Waals surface area contributed by atoms with Crippen molar-refractivity contribution in [3.05, 3.63) is 83.7 Å². The average molecular weight is 361 g/mol. The van der Waals surface area contributed by atoms with Crippen LogP contribution in [0.5, 0.6) is 0 Å². The fourth-order valence-corrected chi connectivity index (χ4v) is 3.66. The predicted molar refractivity (Wildman–Crippen MR) is 105 cm³/mol. The van der Waals surface area contributed by atoms with Gasteiger partial charge in [-0.05, 0) is 17.7 Å². The van der Waals surface area contributed by atoms with Crippen LogP contribution in [0.1, 0.15) is 34.3 Å².